The number of ether oxygens (including phenoxy) is 1. The van der Waals surface area contributed by atoms with E-state index in [4.69, 9.17) is 10.00 Å². The Morgan fingerprint density at radius 3 is 2.79 bits per heavy atom. The molecular formula is C26H22N4O3S. The van der Waals surface area contributed by atoms with Gasteiger partial charge in [0.2, 0.25) is 5.91 Å². The maximum atomic E-state index is 13.0. The first kappa shape index (κ1) is 21.9. The summed E-state index contributed by atoms with van der Waals surface area (Å²) in [4.78, 5) is 32.1. The Kier molecular flexibility index (Phi) is 6.11. The highest BCUT2D eigenvalue weighted by atomic mass is 32.1. The van der Waals surface area contributed by atoms with Crippen molar-refractivity contribution >= 4 is 33.1 Å². The van der Waals surface area contributed by atoms with Crippen molar-refractivity contribution in [1.82, 2.24) is 9.55 Å². The first-order valence-electron chi connectivity index (χ1n) is 11.2. The number of fused-ring (bicyclic) bond motifs is 3. The van der Waals surface area contributed by atoms with Gasteiger partial charge in [-0.1, -0.05) is 6.07 Å². The average molecular weight is 471 g/mol. The molecule has 170 valence electrons. The predicted octanol–water partition coefficient (Wildman–Crippen LogP) is 5.03. The van der Waals surface area contributed by atoms with Gasteiger partial charge >= 0.3 is 0 Å². The van der Waals surface area contributed by atoms with Crippen molar-refractivity contribution in [1.29, 1.82) is 5.26 Å². The average Bonchev–Trinajstić information content (AvgIpc) is 3.24. The van der Waals surface area contributed by atoms with Crippen LogP contribution in [0.1, 0.15) is 35.3 Å². The summed E-state index contributed by atoms with van der Waals surface area (Å²) in [6, 6.07) is 16.0. The fraction of sp³-hybridized carbons (Fsp3) is 0.231. The summed E-state index contributed by atoms with van der Waals surface area (Å²) in [5.74, 6) is 0.978. The van der Waals surface area contributed by atoms with Gasteiger partial charge < -0.3 is 10.1 Å². The van der Waals surface area contributed by atoms with Crippen molar-refractivity contribution in [3.05, 3.63) is 81.2 Å². The molecule has 5 rings (SSSR count). The van der Waals surface area contributed by atoms with Gasteiger partial charge in [-0.3, -0.25) is 14.2 Å². The van der Waals surface area contributed by atoms with E-state index in [-0.39, 0.29) is 24.4 Å². The Morgan fingerprint density at radius 2 is 1.97 bits per heavy atom. The van der Waals surface area contributed by atoms with Crippen LogP contribution in [0.15, 0.2) is 59.7 Å². The summed E-state index contributed by atoms with van der Waals surface area (Å²) in [6.45, 7) is 0.272. The van der Waals surface area contributed by atoms with E-state index in [2.05, 4.69) is 16.4 Å². The summed E-state index contributed by atoms with van der Waals surface area (Å²) in [5.41, 5.74) is 2.26. The number of nitriles is 1. The highest BCUT2D eigenvalue weighted by molar-refractivity contribution is 7.18. The van der Waals surface area contributed by atoms with E-state index in [1.807, 2.05) is 0 Å². The van der Waals surface area contributed by atoms with E-state index >= 15 is 0 Å². The van der Waals surface area contributed by atoms with Crippen molar-refractivity contribution in [2.24, 2.45) is 0 Å². The second-order valence-corrected chi connectivity index (χ2v) is 9.28. The van der Waals surface area contributed by atoms with Crippen LogP contribution in [0.25, 0.3) is 10.2 Å². The number of hydrogen-bond donors (Lipinski definition) is 1. The van der Waals surface area contributed by atoms with E-state index in [9.17, 15) is 9.59 Å². The van der Waals surface area contributed by atoms with Gasteiger partial charge in [-0.25, -0.2) is 4.98 Å². The molecular weight excluding hydrogens is 448 g/mol. The Hall–Kier alpha value is -3.96. The van der Waals surface area contributed by atoms with Crippen LogP contribution >= 0.6 is 11.3 Å². The molecule has 0 atom stereocenters. The van der Waals surface area contributed by atoms with Gasteiger partial charge in [-0.05, 0) is 73.7 Å². The molecule has 0 spiro atoms. The van der Waals surface area contributed by atoms with Crippen LogP contribution in [0.5, 0.6) is 11.5 Å². The van der Waals surface area contributed by atoms with E-state index in [0.717, 1.165) is 41.5 Å². The maximum Gasteiger partial charge on any atom is 0.262 e. The molecule has 8 heteroatoms. The standard InChI is InChI=1S/C26H22N4O3S/c27-15-17-4-3-5-20(14-17)33-19-10-8-18(9-11-19)29-23(31)12-13-30-16-28-25-24(26(30)32)21-6-1-2-7-22(21)34-25/h3-5,8-11,14,16H,1-2,6-7,12-13H2,(H,29,31). The highest BCUT2D eigenvalue weighted by Crippen LogP contribution is 2.33. The van der Waals surface area contributed by atoms with E-state index in [0.29, 0.717) is 22.7 Å². The number of carbonyl (C=O) groups is 1. The number of aryl methyl sites for hydroxylation is 3. The monoisotopic (exact) mass is 470 g/mol. The lowest BCUT2D eigenvalue weighted by Crippen LogP contribution is -2.24. The summed E-state index contributed by atoms with van der Waals surface area (Å²) < 4.78 is 7.30. The summed E-state index contributed by atoms with van der Waals surface area (Å²) in [7, 11) is 0. The Morgan fingerprint density at radius 1 is 1.15 bits per heavy atom. The lowest BCUT2D eigenvalue weighted by molar-refractivity contribution is -0.116. The molecule has 2 aromatic heterocycles. The van der Waals surface area contributed by atoms with Crippen molar-refractivity contribution in [3.8, 4) is 17.6 Å². The topological polar surface area (TPSA) is 97.0 Å². The molecule has 0 unspecified atom stereocenters. The van der Waals surface area contributed by atoms with Gasteiger partial charge in [0, 0.05) is 23.5 Å². The number of nitrogens with one attached hydrogen (secondary N) is 1. The van der Waals surface area contributed by atoms with Crippen LogP contribution in [0.3, 0.4) is 0 Å². The third kappa shape index (κ3) is 4.56. The Bertz CT molecular complexity index is 1460. The van der Waals surface area contributed by atoms with Crippen molar-refractivity contribution < 1.29 is 9.53 Å². The number of anilines is 1. The number of benzene rings is 2. The summed E-state index contributed by atoms with van der Waals surface area (Å²) >= 11 is 1.62. The predicted molar refractivity (Wildman–Crippen MR) is 131 cm³/mol. The van der Waals surface area contributed by atoms with Gasteiger partial charge in [-0.15, -0.1) is 11.3 Å². The largest absolute Gasteiger partial charge is 0.457 e. The minimum absolute atomic E-state index is 0.0563. The molecule has 1 amide bonds. The normalized spacial score (nSPS) is 12.7. The van der Waals surface area contributed by atoms with Crippen LogP contribution < -0.4 is 15.6 Å². The molecule has 2 heterocycles. The SMILES string of the molecule is N#Cc1cccc(Oc2ccc(NC(=O)CCn3cnc4sc5c(c4c3=O)CCCC5)cc2)c1. The van der Waals surface area contributed by atoms with E-state index in [1.165, 1.54) is 9.44 Å². The van der Waals surface area contributed by atoms with Crippen LogP contribution in [0.4, 0.5) is 5.69 Å². The zero-order valence-electron chi connectivity index (χ0n) is 18.4. The third-order valence-corrected chi connectivity index (χ3v) is 7.06. The molecule has 0 aliphatic heterocycles. The molecule has 1 N–H and O–H groups in total. The molecule has 1 aliphatic rings. The van der Waals surface area contributed by atoms with Crippen LogP contribution in [0.2, 0.25) is 0 Å². The number of aromatic nitrogens is 2. The fourth-order valence-corrected chi connectivity index (χ4v) is 5.38. The molecule has 0 bridgehead atoms. The summed E-state index contributed by atoms with van der Waals surface area (Å²) in [5, 5.41) is 12.6. The number of rotatable bonds is 6. The van der Waals surface area contributed by atoms with Gasteiger partial charge in [0.1, 0.15) is 16.3 Å². The lowest BCUT2D eigenvalue weighted by atomic mass is 9.97. The zero-order chi connectivity index (χ0) is 23.5. The Balaban J connectivity index is 1.21. The number of amides is 1. The van der Waals surface area contributed by atoms with Crippen molar-refractivity contribution in [2.75, 3.05) is 5.32 Å². The van der Waals surface area contributed by atoms with E-state index < -0.39 is 0 Å². The van der Waals surface area contributed by atoms with E-state index in [1.54, 1.807) is 66.2 Å². The third-order valence-electron chi connectivity index (χ3n) is 5.86. The van der Waals surface area contributed by atoms with Gasteiger partial charge in [0.25, 0.3) is 5.56 Å². The smallest absolute Gasteiger partial charge is 0.262 e. The minimum atomic E-state index is -0.185. The molecule has 4 aromatic rings. The second-order valence-electron chi connectivity index (χ2n) is 8.20. The molecule has 34 heavy (non-hydrogen) atoms. The molecule has 0 saturated carbocycles. The van der Waals surface area contributed by atoms with Gasteiger partial charge in [-0.2, -0.15) is 5.26 Å². The number of thiophene rings is 1. The molecule has 1 aliphatic carbocycles. The lowest BCUT2D eigenvalue weighted by Gasteiger charge is -2.11. The Labute approximate surface area is 200 Å². The van der Waals surface area contributed by atoms with Crippen molar-refractivity contribution in [2.45, 2.75) is 38.6 Å². The van der Waals surface area contributed by atoms with Crippen LogP contribution in [0, 0.1) is 11.3 Å². The first-order valence-corrected chi connectivity index (χ1v) is 12.0. The fourth-order valence-electron chi connectivity index (χ4n) is 4.16. The van der Waals surface area contributed by atoms with Crippen LogP contribution in [-0.2, 0) is 24.2 Å². The quantitative estimate of drug-likeness (QED) is 0.426. The van der Waals surface area contributed by atoms with Crippen LogP contribution in [-0.4, -0.2) is 15.5 Å². The number of nitrogens with zero attached hydrogens (tertiary/aromatic N) is 3. The summed E-state index contributed by atoms with van der Waals surface area (Å²) in [6.07, 6.45) is 5.93. The zero-order valence-corrected chi connectivity index (χ0v) is 19.2. The van der Waals surface area contributed by atoms with Gasteiger partial charge in [0.15, 0.2) is 0 Å². The first-order chi connectivity index (χ1) is 16.6. The second kappa shape index (κ2) is 9.49. The maximum absolute atomic E-state index is 13.0. The minimum Gasteiger partial charge on any atom is -0.457 e. The number of carbonyl (C=O) groups excluding carboxylic acids is 1. The van der Waals surface area contributed by atoms with Gasteiger partial charge in [0.05, 0.1) is 23.3 Å². The molecule has 0 radical (unpaired) electrons. The highest BCUT2D eigenvalue weighted by Gasteiger charge is 2.20. The molecule has 0 fully saturated rings. The molecule has 0 saturated heterocycles. The number of hydrogen-bond acceptors (Lipinski definition) is 6. The molecule has 2 aromatic carbocycles. The van der Waals surface area contributed by atoms with Crippen molar-refractivity contribution in [3.63, 3.8) is 0 Å². The molecule has 7 nitrogen and oxygen atoms in total.